The molecule has 13 rings (SSSR count). The molecule has 0 radical (unpaired) electrons. The van der Waals surface area contributed by atoms with E-state index in [-0.39, 0.29) is 21.7 Å². The summed E-state index contributed by atoms with van der Waals surface area (Å²) in [4.78, 5) is 30.9. The summed E-state index contributed by atoms with van der Waals surface area (Å²) in [7, 11) is 0. The highest BCUT2D eigenvalue weighted by Gasteiger charge is 2.24. The molecule has 2 aromatic heterocycles. The zero-order valence-corrected chi connectivity index (χ0v) is 54.7. The van der Waals surface area contributed by atoms with Crippen LogP contribution in [0, 0.1) is 6.92 Å². The van der Waals surface area contributed by atoms with Gasteiger partial charge in [-0.3, -0.25) is 0 Å². The van der Waals surface area contributed by atoms with Gasteiger partial charge >= 0.3 is 0 Å². The number of hydrogen-bond donors (Lipinski definition) is 0. The Bertz CT molecular complexity index is 4690. The summed E-state index contributed by atoms with van der Waals surface area (Å²) in [6.07, 6.45) is 0. The van der Waals surface area contributed by atoms with Gasteiger partial charge in [0.15, 0.2) is 34.9 Å². The third kappa shape index (κ3) is 12.2. The molecule has 0 bridgehead atoms. The van der Waals surface area contributed by atoms with E-state index in [1.807, 2.05) is 0 Å². The van der Waals surface area contributed by atoms with Crippen LogP contribution >= 0.6 is 0 Å². The predicted molar refractivity (Wildman–Crippen MR) is 382 cm³/mol. The van der Waals surface area contributed by atoms with E-state index in [0.29, 0.717) is 34.9 Å². The molecule has 0 saturated heterocycles. The number of rotatable bonds is 10. The van der Waals surface area contributed by atoms with Crippen molar-refractivity contribution in [2.75, 3.05) is 0 Å². The van der Waals surface area contributed by atoms with Gasteiger partial charge in [-0.25, -0.2) is 29.9 Å². The van der Waals surface area contributed by atoms with Crippen molar-refractivity contribution in [3.8, 4) is 113 Å². The lowest BCUT2D eigenvalue weighted by Crippen LogP contribution is -2.11. The molecule has 0 aliphatic carbocycles. The Balaban J connectivity index is 0.882. The molecule has 13 aromatic rings. The van der Waals surface area contributed by atoms with Gasteiger partial charge in [-0.05, 0) is 117 Å². The zero-order valence-electron chi connectivity index (χ0n) is 54.7. The van der Waals surface area contributed by atoms with E-state index in [4.69, 9.17) is 29.9 Å². The molecule has 448 valence electrons. The molecule has 91 heavy (non-hydrogen) atoms. The molecule has 0 aliphatic heterocycles. The molecule has 6 nitrogen and oxygen atoms in total. The number of aromatic nitrogens is 6. The highest BCUT2D eigenvalue weighted by molar-refractivity contribution is 6.23. The van der Waals surface area contributed by atoms with Crippen molar-refractivity contribution in [2.24, 2.45) is 0 Å². The van der Waals surface area contributed by atoms with Gasteiger partial charge in [-0.15, -0.1) is 0 Å². The lowest BCUT2D eigenvalue weighted by atomic mass is 9.82. The van der Waals surface area contributed by atoms with Crippen LogP contribution in [0.15, 0.2) is 237 Å². The quantitative estimate of drug-likeness (QED) is 0.127. The number of aryl methyl sites for hydroxylation is 1. The Morgan fingerprint density at radius 1 is 0.209 bits per heavy atom. The molecule has 2 heterocycles. The maximum atomic E-state index is 5.18. The average Bonchev–Trinajstić information content (AvgIpc) is 0.737. The minimum absolute atomic E-state index is 0.0205. The van der Waals surface area contributed by atoms with Crippen LogP contribution in [0.3, 0.4) is 0 Å². The Kier molecular flexibility index (Phi) is 15.4. The summed E-state index contributed by atoms with van der Waals surface area (Å²) in [5.41, 5.74) is 21.1. The summed E-state index contributed by atoms with van der Waals surface area (Å²) in [6, 6.07) is 85.7. The van der Waals surface area contributed by atoms with Crippen LogP contribution in [-0.4, -0.2) is 29.9 Å². The Morgan fingerprint density at radius 3 is 0.703 bits per heavy atom. The minimum atomic E-state index is 0.0205. The smallest absolute Gasteiger partial charge is 0.164 e. The van der Waals surface area contributed by atoms with E-state index in [9.17, 15) is 0 Å². The lowest BCUT2D eigenvalue weighted by molar-refractivity contribution is 0.590. The van der Waals surface area contributed by atoms with Gasteiger partial charge < -0.3 is 0 Å². The van der Waals surface area contributed by atoms with Crippen molar-refractivity contribution in [1.29, 1.82) is 0 Å². The van der Waals surface area contributed by atoms with Crippen LogP contribution in [-0.2, 0) is 21.7 Å². The van der Waals surface area contributed by atoms with E-state index < -0.39 is 0 Å². The van der Waals surface area contributed by atoms with Gasteiger partial charge in [0, 0.05) is 33.4 Å². The molecular formula is C85H78N6. The first-order valence-electron chi connectivity index (χ1n) is 31.8. The second kappa shape index (κ2) is 23.4. The van der Waals surface area contributed by atoms with Crippen molar-refractivity contribution < 1.29 is 0 Å². The van der Waals surface area contributed by atoms with Gasteiger partial charge in [-0.1, -0.05) is 325 Å². The van der Waals surface area contributed by atoms with Crippen LogP contribution in [0.1, 0.15) is 111 Å². The van der Waals surface area contributed by atoms with Crippen LogP contribution < -0.4 is 0 Å². The van der Waals surface area contributed by atoms with Gasteiger partial charge in [0.2, 0.25) is 0 Å². The molecule has 11 aromatic carbocycles. The molecule has 0 unspecified atom stereocenters. The zero-order chi connectivity index (χ0) is 63.6. The monoisotopic (exact) mass is 1180 g/mol. The summed E-state index contributed by atoms with van der Waals surface area (Å²) in [5, 5.41) is 4.75. The van der Waals surface area contributed by atoms with Crippen LogP contribution in [0.25, 0.3) is 134 Å². The van der Waals surface area contributed by atoms with Crippen LogP contribution in [0.4, 0.5) is 0 Å². The summed E-state index contributed by atoms with van der Waals surface area (Å²) in [5.74, 6) is 3.82. The maximum absolute atomic E-state index is 5.18. The molecule has 0 N–H and O–H groups in total. The van der Waals surface area contributed by atoms with Crippen molar-refractivity contribution >= 4 is 21.5 Å². The SMILES string of the molecule is Cc1ccc2c(-c3ccccc3-c3ccc(-c4nc(-c5ccc(C(C)(C)C)cc5)nc(-c5ccc(C(C)(C)C)cc5)n4)cc3)c3ccccc3c(-c3ccccc3-c3ccc(-c4nc(-c5ccc(C(C)(C)C)cc5)nc(-c5ccc(C(C)(C)C)cc5)n4)cc3)c2c1. The topological polar surface area (TPSA) is 77.3 Å². The maximum Gasteiger partial charge on any atom is 0.164 e. The first kappa shape index (κ1) is 59.9. The normalized spacial score (nSPS) is 12.2. The molecular weight excluding hydrogens is 1100 g/mol. The van der Waals surface area contributed by atoms with Crippen LogP contribution in [0.2, 0.25) is 0 Å². The number of benzene rings is 11. The van der Waals surface area contributed by atoms with E-state index in [2.05, 4.69) is 327 Å². The third-order valence-corrected chi connectivity index (χ3v) is 17.8. The van der Waals surface area contributed by atoms with Gasteiger partial charge in [0.05, 0.1) is 0 Å². The van der Waals surface area contributed by atoms with Gasteiger partial charge in [-0.2, -0.15) is 0 Å². The van der Waals surface area contributed by atoms with E-state index in [1.54, 1.807) is 0 Å². The molecule has 0 fully saturated rings. The third-order valence-electron chi connectivity index (χ3n) is 17.8. The molecule has 0 atom stereocenters. The second-order valence-corrected chi connectivity index (χ2v) is 28.5. The summed E-state index contributed by atoms with van der Waals surface area (Å²) < 4.78 is 0. The first-order valence-corrected chi connectivity index (χ1v) is 31.8. The second-order valence-electron chi connectivity index (χ2n) is 28.5. The van der Waals surface area contributed by atoms with Crippen molar-refractivity contribution in [1.82, 2.24) is 29.9 Å². The van der Waals surface area contributed by atoms with E-state index in [1.165, 1.54) is 60.5 Å². The van der Waals surface area contributed by atoms with Gasteiger partial charge in [0.1, 0.15) is 0 Å². The summed E-state index contributed by atoms with van der Waals surface area (Å²) in [6.45, 7) is 29.0. The molecule has 0 aliphatic rings. The lowest BCUT2D eigenvalue weighted by Gasteiger charge is -2.21. The fraction of sp³-hybridized carbons (Fsp3) is 0.200. The highest BCUT2D eigenvalue weighted by Crippen LogP contribution is 2.49. The van der Waals surface area contributed by atoms with Crippen molar-refractivity contribution in [3.63, 3.8) is 0 Å². The average molecular weight is 1180 g/mol. The molecule has 0 amide bonds. The highest BCUT2D eigenvalue weighted by atomic mass is 15.0. The molecule has 6 heteroatoms. The Hall–Kier alpha value is -10.0. The fourth-order valence-corrected chi connectivity index (χ4v) is 12.4. The van der Waals surface area contributed by atoms with E-state index in [0.717, 1.165) is 66.8 Å². The van der Waals surface area contributed by atoms with Gasteiger partial charge in [0.25, 0.3) is 0 Å². The Labute approximate surface area is 537 Å². The van der Waals surface area contributed by atoms with E-state index >= 15 is 0 Å². The standard InChI is InChI=1S/C85H78N6/c1-53-26-51-72-73(52-53)75(69-23-17-15-21-67(69)55-29-33-57(34-30-55)77-88-80(60-39-47-64(48-40-60)84(8,9)10)91-81(89-77)61-41-49-65(50-42-61)85(11,12)13)71-25-19-18-24-70(71)74(72)68-22-16-14-20-66(68)54-27-31-56(32-28-54)76-86-78(58-35-43-62(44-36-58)82(2,3)4)90-79(87-76)59-37-45-63(46-38-59)83(5,6)7/h14-52H,1-13H3. The number of nitrogens with zero attached hydrogens (tertiary/aromatic N) is 6. The first-order chi connectivity index (χ1) is 43.5. The number of fused-ring (bicyclic) bond motifs is 2. The van der Waals surface area contributed by atoms with Crippen molar-refractivity contribution in [3.05, 3.63) is 264 Å². The largest absolute Gasteiger partial charge is 0.208 e. The number of hydrogen-bond acceptors (Lipinski definition) is 6. The fourth-order valence-electron chi connectivity index (χ4n) is 12.4. The Morgan fingerprint density at radius 2 is 0.429 bits per heavy atom. The predicted octanol–water partition coefficient (Wildman–Crippen LogP) is 22.5. The molecule has 0 spiro atoms. The van der Waals surface area contributed by atoms with Crippen molar-refractivity contribution in [2.45, 2.75) is 112 Å². The summed E-state index contributed by atoms with van der Waals surface area (Å²) >= 11 is 0. The molecule has 0 saturated carbocycles. The van der Waals surface area contributed by atoms with Crippen LogP contribution in [0.5, 0.6) is 0 Å². The minimum Gasteiger partial charge on any atom is -0.208 e.